The highest BCUT2D eigenvalue weighted by molar-refractivity contribution is 7.22. The average Bonchev–Trinajstić information content (AvgIpc) is 2.45. The fraction of sp³-hybridized carbons (Fsp3) is 0.222. The van der Waals surface area contributed by atoms with Crippen molar-refractivity contribution < 1.29 is 13.2 Å². The lowest BCUT2D eigenvalue weighted by atomic mass is 10.1. The molecule has 80 valence electrons. The third-order valence-corrected chi connectivity index (χ3v) is 3.22. The molecule has 1 aromatic heterocycles. The minimum absolute atomic E-state index is 0.104. The predicted octanol–water partition coefficient (Wildman–Crippen LogP) is 4.28. The van der Waals surface area contributed by atoms with Gasteiger partial charge in [-0.25, -0.2) is 4.98 Å². The van der Waals surface area contributed by atoms with Gasteiger partial charge < -0.3 is 0 Å². The molecule has 0 aliphatic rings. The number of fused-ring (bicyclic) bond motifs is 1. The first-order valence-electron chi connectivity index (χ1n) is 4.02. The van der Waals surface area contributed by atoms with Gasteiger partial charge in [0.1, 0.15) is 0 Å². The van der Waals surface area contributed by atoms with E-state index in [4.69, 9.17) is 11.6 Å². The van der Waals surface area contributed by atoms with Gasteiger partial charge in [0.2, 0.25) is 0 Å². The van der Waals surface area contributed by atoms with Crippen LogP contribution in [0.15, 0.2) is 12.1 Å². The fourth-order valence-electron chi connectivity index (χ4n) is 1.33. The third-order valence-electron chi connectivity index (χ3n) is 2.02. The van der Waals surface area contributed by atoms with E-state index in [0.29, 0.717) is 11.1 Å². The summed E-state index contributed by atoms with van der Waals surface area (Å²) < 4.78 is 38.0. The van der Waals surface area contributed by atoms with Crippen LogP contribution in [-0.2, 0) is 6.18 Å². The summed E-state index contributed by atoms with van der Waals surface area (Å²) in [5, 5.41) is 0. The van der Waals surface area contributed by atoms with E-state index in [-0.39, 0.29) is 9.17 Å². The summed E-state index contributed by atoms with van der Waals surface area (Å²) in [6, 6.07) is 2.47. The quantitative estimate of drug-likeness (QED) is 0.681. The van der Waals surface area contributed by atoms with Gasteiger partial charge in [0.15, 0.2) is 4.47 Å². The molecule has 0 aliphatic heterocycles. The number of hydrogen-bond donors (Lipinski definition) is 0. The van der Waals surface area contributed by atoms with Crippen molar-refractivity contribution in [2.45, 2.75) is 13.1 Å². The summed E-state index contributed by atoms with van der Waals surface area (Å²) in [6.45, 7) is 1.71. The lowest BCUT2D eigenvalue weighted by molar-refractivity contribution is -0.136. The second-order valence-electron chi connectivity index (χ2n) is 3.07. The molecule has 1 heterocycles. The Morgan fingerprint density at radius 3 is 2.60 bits per heavy atom. The van der Waals surface area contributed by atoms with Crippen LogP contribution in [0.4, 0.5) is 13.2 Å². The van der Waals surface area contributed by atoms with Crippen LogP contribution in [0.25, 0.3) is 10.2 Å². The van der Waals surface area contributed by atoms with E-state index in [2.05, 4.69) is 4.98 Å². The van der Waals surface area contributed by atoms with E-state index in [9.17, 15) is 13.2 Å². The molecular formula is C9H5ClF3NS. The van der Waals surface area contributed by atoms with Gasteiger partial charge in [0.25, 0.3) is 0 Å². The number of alkyl halides is 3. The maximum absolute atomic E-state index is 12.6. The minimum Gasteiger partial charge on any atom is -0.225 e. The van der Waals surface area contributed by atoms with Crippen molar-refractivity contribution in [2.75, 3.05) is 0 Å². The van der Waals surface area contributed by atoms with Gasteiger partial charge in [-0.15, -0.1) is 11.3 Å². The van der Waals surface area contributed by atoms with Crippen molar-refractivity contribution in [2.24, 2.45) is 0 Å². The summed E-state index contributed by atoms with van der Waals surface area (Å²) in [7, 11) is 0. The molecule has 0 radical (unpaired) electrons. The monoisotopic (exact) mass is 251 g/mol. The molecule has 2 aromatic rings. The van der Waals surface area contributed by atoms with E-state index < -0.39 is 11.7 Å². The summed E-state index contributed by atoms with van der Waals surface area (Å²) in [6.07, 6.45) is -4.36. The molecule has 0 aliphatic carbocycles. The normalized spacial score (nSPS) is 12.3. The molecule has 0 fully saturated rings. The molecular weight excluding hydrogens is 247 g/mol. The average molecular weight is 252 g/mol. The zero-order valence-corrected chi connectivity index (χ0v) is 9.09. The molecule has 0 spiro atoms. The molecule has 0 N–H and O–H groups in total. The van der Waals surface area contributed by atoms with Crippen LogP contribution in [0.3, 0.4) is 0 Å². The van der Waals surface area contributed by atoms with Crippen LogP contribution < -0.4 is 0 Å². The first kappa shape index (κ1) is 10.7. The Morgan fingerprint density at radius 1 is 1.33 bits per heavy atom. The Hall–Kier alpha value is -0.810. The highest BCUT2D eigenvalue weighted by atomic mass is 35.5. The Balaban J connectivity index is 2.83. The van der Waals surface area contributed by atoms with Gasteiger partial charge in [-0.2, -0.15) is 13.2 Å². The summed E-state index contributed by atoms with van der Waals surface area (Å²) in [5.74, 6) is 0. The van der Waals surface area contributed by atoms with E-state index in [1.54, 1.807) is 6.92 Å². The molecule has 0 saturated heterocycles. The van der Waals surface area contributed by atoms with Crippen LogP contribution in [-0.4, -0.2) is 4.98 Å². The van der Waals surface area contributed by atoms with E-state index in [1.165, 1.54) is 6.07 Å². The van der Waals surface area contributed by atoms with Gasteiger partial charge in [-0.05, 0) is 18.6 Å². The molecule has 0 saturated carbocycles. The molecule has 0 unspecified atom stereocenters. The fourth-order valence-corrected chi connectivity index (χ4v) is 2.55. The van der Waals surface area contributed by atoms with Gasteiger partial charge >= 0.3 is 6.18 Å². The van der Waals surface area contributed by atoms with Crippen LogP contribution in [0.2, 0.25) is 4.47 Å². The van der Waals surface area contributed by atoms with Gasteiger partial charge in [0, 0.05) is 0 Å². The van der Waals surface area contributed by atoms with E-state index in [0.717, 1.165) is 17.4 Å². The zero-order chi connectivity index (χ0) is 11.2. The van der Waals surface area contributed by atoms with Gasteiger partial charge in [-0.1, -0.05) is 17.7 Å². The van der Waals surface area contributed by atoms with Crippen LogP contribution >= 0.6 is 22.9 Å². The molecule has 6 heteroatoms. The van der Waals surface area contributed by atoms with Crippen LogP contribution in [0.5, 0.6) is 0 Å². The number of hydrogen-bond acceptors (Lipinski definition) is 2. The number of thiazole rings is 1. The lowest BCUT2D eigenvalue weighted by Gasteiger charge is -2.07. The molecule has 15 heavy (non-hydrogen) atoms. The first-order chi connectivity index (χ1) is 6.89. The SMILES string of the molecule is Cc1ccc(C(F)(F)F)c2sc(Cl)nc12. The Labute approximate surface area is 92.5 Å². The number of aryl methyl sites for hydroxylation is 1. The summed E-state index contributed by atoms with van der Waals surface area (Å²) in [4.78, 5) is 3.87. The van der Waals surface area contributed by atoms with Gasteiger partial charge in [-0.3, -0.25) is 0 Å². The number of rotatable bonds is 0. The predicted molar refractivity (Wildman–Crippen MR) is 54.4 cm³/mol. The number of benzene rings is 1. The van der Waals surface area contributed by atoms with Crippen molar-refractivity contribution in [1.82, 2.24) is 4.98 Å². The molecule has 1 aromatic carbocycles. The van der Waals surface area contributed by atoms with Crippen molar-refractivity contribution in [3.8, 4) is 0 Å². The van der Waals surface area contributed by atoms with Crippen molar-refractivity contribution in [3.05, 3.63) is 27.7 Å². The third kappa shape index (κ3) is 1.81. The molecule has 1 nitrogen and oxygen atoms in total. The van der Waals surface area contributed by atoms with E-state index >= 15 is 0 Å². The van der Waals surface area contributed by atoms with Crippen LogP contribution in [0, 0.1) is 6.92 Å². The van der Waals surface area contributed by atoms with Crippen molar-refractivity contribution in [1.29, 1.82) is 0 Å². The highest BCUT2D eigenvalue weighted by Crippen LogP contribution is 2.39. The summed E-state index contributed by atoms with van der Waals surface area (Å²) in [5.41, 5.74) is 0.355. The maximum Gasteiger partial charge on any atom is 0.417 e. The maximum atomic E-state index is 12.6. The molecule has 2 rings (SSSR count). The number of halogens is 4. The Kier molecular flexibility index (Phi) is 2.39. The smallest absolute Gasteiger partial charge is 0.225 e. The topological polar surface area (TPSA) is 12.9 Å². The van der Waals surface area contributed by atoms with Crippen molar-refractivity contribution >= 4 is 33.2 Å². The van der Waals surface area contributed by atoms with Crippen LogP contribution in [0.1, 0.15) is 11.1 Å². The van der Waals surface area contributed by atoms with Gasteiger partial charge in [0.05, 0.1) is 15.8 Å². The summed E-state index contributed by atoms with van der Waals surface area (Å²) >= 11 is 6.47. The first-order valence-corrected chi connectivity index (χ1v) is 5.22. The minimum atomic E-state index is -4.36. The standard InChI is InChI=1S/C9H5ClF3NS/c1-4-2-3-5(9(11,12)13)7-6(4)14-8(10)15-7/h2-3H,1H3. The highest BCUT2D eigenvalue weighted by Gasteiger charge is 2.33. The Bertz CT molecular complexity index is 518. The molecule has 0 bridgehead atoms. The second-order valence-corrected chi connectivity index (χ2v) is 4.65. The van der Waals surface area contributed by atoms with Crippen molar-refractivity contribution in [3.63, 3.8) is 0 Å². The number of aromatic nitrogens is 1. The van der Waals surface area contributed by atoms with E-state index in [1.807, 2.05) is 0 Å². The number of nitrogens with zero attached hydrogens (tertiary/aromatic N) is 1. The lowest BCUT2D eigenvalue weighted by Crippen LogP contribution is -2.04. The Morgan fingerprint density at radius 2 is 2.00 bits per heavy atom. The largest absolute Gasteiger partial charge is 0.417 e. The molecule has 0 atom stereocenters. The zero-order valence-electron chi connectivity index (χ0n) is 7.52. The second kappa shape index (κ2) is 3.35. The molecule has 0 amide bonds.